The molecule has 0 saturated carbocycles. The lowest BCUT2D eigenvalue weighted by molar-refractivity contribution is 0.0526. The van der Waals surface area contributed by atoms with Crippen molar-refractivity contribution >= 4 is 29.0 Å². The van der Waals surface area contributed by atoms with Crippen molar-refractivity contribution in [3.63, 3.8) is 0 Å². The van der Waals surface area contributed by atoms with Crippen molar-refractivity contribution in [2.45, 2.75) is 40.0 Å². The molecule has 1 saturated heterocycles. The van der Waals surface area contributed by atoms with Crippen molar-refractivity contribution in [2.24, 2.45) is 5.92 Å². The van der Waals surface area contributed by atoms with Gasteiger partial charge in [0.15, 0.2) is 5.11 Å². The van der Waals surface area contributed by atoms with E-state index < -0.39 is 0 Å². The summed E-state index contributed by atoms with van der Waals surface area (Å²) in [6, 6.07) is 5.44. The third-order valence-corrected chi connectivity index (χ3v) is 4.91. The molecule has 0 spiro atoms. The molecule has 1 aliphatic heterocycles. The minimum absolute atomic E-state index is 0.296. The number of benzene rings is 1. The quantitative estimate of drug-likeness (QED) is 0.430. The molecule has 0 aromatic heterocycles. The fourth-order valence-electron chi connectivity index (χ4n) is 3.31. The number of carbonyl (C=O) groups excluding carboxylic acids is 1. The zero-order valence-corrected chi connectivity index (χ0v) is 17.0. The third kappa shape index (κ3) is 6.57. The van der Waals surface area contributed by atoms with Crippen LogP contribution in [0.25, 0.3) is 0 Å². The van der Waals surface area contributed by atoms with E-state index >= 15 is 0 Å². The van der Waals surface area contributed by atoms with Crippen molar-refractivity contribution in [1.29, 1.82) is 0 Å². The number of nitrogens with zero attached hydrogens (tertiary/aromatic N) is 1. The summed E-state index contributed by atoms with van der Waals surface area (Å²) >= 11 is 5.38. The number of hydrogen-bond donors (Lipinski definition) is 2. The predicted octanol–water partition coefficient (Wildman–Crippen LogP) is 3.58. The molecule has 0 aliphatic carbocycles. The zero-order valence-electron chi connectivity index (χ0n) is 16.1. The lowest BCUT2D eigenvalue weighted by Gasteiger charge is -2.30. The molecule has 6 heteroatoms. The number of hydrogen-bond acceptors (Lipinski definition) is 4. The Morgan fingerprint density at radius 1 is 1.42 bits per heavy atom. The first-order chi connectivity index (χ1) is 12.5. The molecule has 1 heterocycles. The molecule has 0 bridgehead atoms. The number of rotatable bonds is 7. The van der Waals surface area contributed by atoms with E-state index in [0.717, 1.165) is 36.7 Å². The van der Waals surface area contributed by atoms with Crippen LogP contribution in [0.1, 0.15) is 49.0 Å². The SMILES string of the molecule is CCOC(=O)c1ccc(NC(=S)NCCCN2CCCC(C)C2)c(C)c1. The maximum Gasteiger partial charge on any atom is 0.338 e. The van der Waals surface area contributed by atoms with Gasteiger partial charge in [0.25, 0.3) is 0 Å². The second-order valence-corrected chi connectivity index (χ2v) is 7.44. The highest BCUT2D eigenvalue weighted by molar-refractivity contribution is 7.80. The van der Waals surface area contributed by atoms with Gasteiger partial charge in [0.2, 0.25) is 0 Å². The molecule has 0 radical (unpaired) electrons. The van der Waals surface area contributed by atoms with Gasteiger partial charge < -0.3 is 20.3 Å². The van der Waals surface area contributed by atoms with Crippen LogP contribution in [0.3, 0.4) is 0 Å². The summed E-state index contributed by atoms with van der Waals surface area (Å²) in [7, 11) is 0. The molecule has 1 aromatic carbocycles. The largest absolute Gasteiger partial charge is 0.462 e. The molecule has 1 aromatic rings. The number of piperidine rings is 1. The summed E-state index contributed by atoms with van der Waals surface area (Å²) in [5, 5.41) is 7.09. The summed E-state index contributed by atoms with van der Waals surface area (Å²) in [5.41, 5.74) is 2.42. The Bertz CT molecular complexity index is 621. The fourth-order valence-corrected chi connectivity index (χ4v) is 3.52. The molecular weight excluding hydrogens is 346 g/mol. The van der Waals surface area contributed by atoms with Crippen LogP contribution in [0.2, 0.25) is 0 Å². The van der Waals surface area contributed by atoms with Crippen molar-refractivity contribution in [2.75, 3.05) is 38.1 Å². The number of carbonyl (C=O) groups is 1. The Morgan fingerprint density at radius 3 is 2.92 bits per heavy atom. The molecular formula is C20H31N3O2S. The number of aryl methyl sites for hydroxylation is 1. The Balaban J connectivity index is 1.72. The van der Waals surface area contributed by atoms with Gasteiger partial charge >= 0.3 is 5.97 Å². The first-order valence-electron chi connectivity index (χ1n) is 9.54. The average Bonchev–Trinajstić information content (AvgIpc) is 2.61. The van der Waals surface area contributed by atoms with E-state index in [9.17, 15) is 4.79 Å². The van der Waals surface area contributed by atoms with Gasteiger partial charge in [-0.05, 0) is 88.1 Å². The van der Waals surface area contributed by atoms with Gasteiger partial charge in [-0.3, -0.25) is 0 Å². The number of thiocarbonyl (C=S) groups is 1. The summed E-state index contributed by atoms with van der Waals surface area (Å²) in [6.07, 6.45) is 3.75. The first kappa shape index (κ1) is 20.6. The molecule has 1 fully saturated rings. The van der Waals surface area contributed by atoms with Crippen molar-refractivity contribution in [3.8, 4) is 0 Å². The van der Waals surface area contributed by atoms with Gasteiger partial charge in [-0.25, -0.2) is 4.79 Å². The van der Waals surface area contributed by atoms with Crippen LogP contribution in [0, 0.1) is 12.8 Å². The Labute approximate surface area is 162 Å². The third-order valence-electron chi connectivity index (χ3n) is 4.66. The second kappa shape index (κ2) is 10.5. The van der Waals surface area contributed by atoms with E-state index in [1.165, 1.54) is 25.9 Å². The maximum atomic E-state index is 11.8. The average molecular weight is 378 g/mol. The van der Waals surface area contributed by atoms with Crippen LogP contribution in [0.4, 0.5) is 5.69 Å². The number of ether oxygens (including phenoxy) is 1. The monoisotopic (exact) mass is 377 g/mol. The summed E-state index contributed by atoms with van der Waals surface area (Å²) in [6.45, 7) is 10.9. The van der Waals surface area contributed by atoms with Gasteiger partial charge in [0, 0.05) is 18.8 Å². The van der Waals surface area contributed by atoms with Crippen LogP contribution in [0.15, 0.2) is 18.2 Å². The molecule has 5 nitrogen and oxygen atoms in total. The minimum Gasteiger partial charge on any atom is -0.462 e. The van der Waals surface area contributed by atoms with E-state index in [-0.39, 0.29) is 5.97 Å². The van der Waals surface area contributed by atoms with Crippen LogP contribution >= 0.6 is 12.2 Å². The molecule has 2 rings (SSSR count). The van der Waals surface area contributed by atoms with E-state index in [4.69, 9.17) is 17.0 Å². The van der Waals surface area contributed by atoms with Crippen LogP contribution < -0.4 is 10.6 Å². The van der Waals surface area contributed by atoms with Crippen LogP contribution in [-0.4, -0.2) is 48.8 Å². The molecule has 144 valence electrons. The fraction of sp³-hybridized carbons (Fsp3) is 0.600. The zero-order chi connectivity index (χ0) is 18.9. The van der Waals surface area contributed by atoms with Gasteiger partial charge in [-0.1, -0.05) is 6.92 Å². The predicted molar refractivity (Wildman–Crippen MR) is 111 cm³/mol. The summed E-state index contributed by atoms with van der Waals surface area (Å²) in [5.74, 6) is 0.523. The van der Waals surface area contributed by atoms with E-state index in [1.54, 1.807) is 13.0 Å². The molecule has 1 unspecified atom stereocenters. The molecule has 1 atom stereocenters. The van der Waals surface area contributed by atoms with E-state index in [2.05, 4.69) is 22.5 Å². The van der Waals surface area contributed by atoms with Crippen molar-refractivity contribution < 1.29 is 9.53 Å². The van der Waals surface area contributed by atoms with Gasteiger partial charge in [-0.15, -0.1) is 0 Å². The highest BCUT2D eigenvalue weighted by Crippen LogP contribution is 2.17. The van der Waals surface area contributed by atoms with Crippen molar-refractivity contribution in [3.05, 3.63) is 29.3 Å². The normalized spacial score (nSPS) is 17.6. The van der Waals surface area contributed by atoms with E-state index in [0.29, 0.717) is 17.3 Å². The minimum atomic E-state index is -0.296. The lowest BCUT2D eigenvalue weighted by Crippen LogP contribution is -2.37. The second-order valence-electron chi connectivity index (χ2n) is 7.03. The molecule has 1 aliphatic rings. The van der Waals surface area contributed by atoms with Gasteiger partial charge in [0.1, 0.15) is 0 Å². The highest BCUT2D eigenvalue weighted by atomic mass is 32.1. The van der Waals surface area contributed by atoms with Crippen LogP contribution in [0.5, 0.6) is 0 Å². The van der Waals surface area contributed by atoms with E-state index in [1.807, 2.05) is 19.1 Å². The lowest BCUT2D eigenvalue weighted by atomic mass is 10.0. The van der Waals surface area contributed by atoms with Crippen LogP contribution in [-0.2, 0) is 4.74 Å². The highest BCUT2D eigenvalue weighted by Gasteiger charge is 2.15. The maximum absolute atomic E-state index is 11.8. The standard InChI is InChI=1S/C20H31N3O2S/c1-4-25-19(24)17-8-9-18(16(3)13-17)22-20(26)21-10-6-12-23-11-5-7-15(2)14-23/h8-9,13,15H,4-7,10-12,14H2,1-3H3,(H2,21,22,26). The van der Waals surface area contributed by atoms with Gasteiger partial charge in [0.05, 0.1) is 12.2 Å². The smallest absolute Gasteiger partial charge is 0.338 e. The first-order valence-corrected chi connectivity index (χ1v) is 9.95. The number of nitrogens with one attached hydrogen (secondary N) is 2. The number of esters is 1. The summed E-state index contributed by atoms with van der Waals surface area (Å²) in [4.78, 5) is 14.3. The Kier molecular flexibility index (Phi) is 8.32. The molecule has 0 amide bonds. The van der Waals surface area contributed by atoms with Gasteiger partial charge in [-0.2, -0.15) is 0 Å². The Hall–Kier alpha value is -1.66. The molecule has 26 heavy (non-hydrogen) atoms. The van der Waals surface area contributed by atoms with Crippen molar-refractivity contribution in [1.82, 2.24) is 10.2 Å². The Morgan fingerprint density at radius 2 is 2.23 bits per heavy atom. The summed E-state index contributed by atoms with van der Waals surface area (Å²) < 4.78 is 5.02. The number of anilines is 1. The molecule has 2 N–H and O–H groups in total. The number of likely N-dealkylation sites (tertiary alicyclic amines) is 1. The topological polar surface area (TPSA) is 53.6 Å².